The SMILES string of the molecule is C=CC=CC(=C)C(=C)C=NC(=N)n1c2ccccc2c2ccc3ccn(-c4ccccc4)c3c21. The number of benzene rings is 3. The fourth-order valence-electron chi connectivity index (χ4n) is 4.27. The van der Waals surface area contributed by atoms with E-state index >= 15 is 0 Å². The number of allylic oxidation sites excluding steroid dienone is 5. The molecule has 0 spiro atoms. The molecule has 2 aromatic heterocycles. The number of para-hydroxylation sites is 2. The van der Waals surface area contributed by atoms with E-state index in [9.17, 15) is 0 Å². The van der Waals surface area contributed by atoms with Crippen LogP contribution in [0, 0.1) is 5.41 Å². The minimum absolute atomic E-state index is 0.112. The number of nitrogens with zero attached hydrogens (tertiary/aromatic N) is 3. The second-order valence-corrected chi connectivity index (χ2v) is 8.00. The minimum Gasteiger partial charge on any atom is -0.315 e. The van der Waals surface area contributed by atoms with E-state index in [1.165, 1.54) is 0 Å². The van der Waals surface area contributed by atoms with Crippen molar-refractivity contribution in [3.05, 3.63) is 128 Å². The molecule has 0 unspecified atom stereocenters. The normalized spacial score (nSPS) is 11.8. The Labute approximate surface area is 198 Å². The fraction of sp³-hybridized carbons (Fsp3) is 0. The first-order valence-corrected chi connectivity index (χ1v) is 11.0. The lowest BCUT2D eigenvalue weighted by Gasteiger charge is -2.10. The molecule has 0 atom stereocenters. The van der Waals surface area contributed by atoms with Gasteiger partial charge < -0.3 is 4.57 Å². The van der Waals surface area contributed by atoms with E-state index in [2.05, 4.69) is 71.9 Å². The number of hydrogen-bond donors (Lipinski definition) is 1. The molecule has 4 nitrogen and oxygen atoms in total. The second-order valence-electron chi connectivity index (χ2n) is 8.00. The van der Waals surface area contributed by atoms with E-state index in [1.54, 1.807) is 18.4 Å². The van der Waals surface area contributed by atoms with Crippen LogP contribution in [0.5, 0.6) is 0 Å². The van der Waals surface area contributed by atoms with Crippen molar-refractivity contribution in [1.29, 1.82) is 5.41 Å². The Morgan fingerprint density at radius 3 is 2.38 bits per heavy atom. The third kappa shape index (κ3) is 3.51. The average molecular weight is 441 g/mol. The zero-order valence-electron chi connectivity index (χ0n) is 18.8. The second kappa shape index (κ2) is 8.68. The zero-order chi connectivity index (χ0) is 23.7. The van der Waals surface area contributed by atoms with Gasteiger partial charge in [0.05, 0.1) is 16.6 Å². The zero-order valence-corrected chi connectivity index (χ0v) is 18.8. The lowest BCUT2D eigenvalue weighted by molar-refractivity contribution is 1.12. The van der Waals surface area contributed by atoms with Crippen LogP contribution in [0.3, 0.4) is 0 Å². The van der Waals surface area contributed by atoms with E-state index in [0.29, 0.717) is 5.57 Å². The van der Waals surface area contributed by atoms with Gasteiger partial charge in [-0.25, -0.2) is 4.99 Å². The molecule has 5 rings (SSSR count). The predicted molar refractivity (Wildman–Crippen MR) is 146 cm³/mol. The van der Waals surface area contributed by atoms with Gasteiger partial charge >= 0.3 is 0 Å². The summed E-state index contributed by atoms with van der Waals surface area (Å²) in [6.07, 6.45) is 8.97. The first-order chi connectivity index (χ1) is 16.6. The van der Waals surface area contributed by atoms with Gasteiger partial charge in [-0.2, -0.15) is 0 Å². The highest BCUT2D eigenvalue weighted by molar-refractivity contribution is 6.21. The molecule has 0 radical (unpaired) electrons. The summed E-state index contributed by atoms with van der Waals surface area (Å²) in [7, 11) is 0. The summed E-state index contributed by atoms with van der Waals surface area (Å²) in [4.78, 5) is 4.48. The predicted octanol–water partition coefficient (Wildman–Crippen LogP) is 7.45. The molecule has 5 aromatic rings. The molecule has 0 saturated carbocycles. The molecule has 0 fully saturated rings. The first kappa shape index (κ1) is 21.2. The van der Waals surface area contributed by atoms with Crippen molar-refractivity contribution >= 4 is 44.9 Å². The quantitative estimate of drug-likeness (QED) is 0.168. The Hall–Kier alpha value is -4.70. The number of aliphatic imine (C=N–C) groups is 1. The van der Waals surface area contributed by atoms with Gasteiger partial charge in [0.15, 0.2) is 0 Å². The van der Waals surface area contributed by atoms with Crippen LogP contribution in [0.4, 0.5) is 0 Å². The number of rotatable bonds is 5. The molecular weight excluding hydrogens is 416 g/mol. The third-order valence-electron chi connectivity index (χ3n) is 5.92. The third-order valence-corrected chi connectivity index (χ3v) is 5.92. The van der Waals surface area contributed by atoms with Crippen LogP contribution >= 0.6 is 0 Å². The summed E-state index contributed by atoms with van der Waals surface area (Å²) in [5.74, 6) is 0.112. The summed E-state index contributed by atoms with van der Waals surface area (Å²) in [5.41, 5.74) is 5.35. The van der Waals surface area contributed by atoms with Gasteiger partial charge in [-0.15, -0.1) is 0 Å². The molecule has 0 aliphatic rings. The Morgan fingerprint density at radius 2 is 1.59 bits per heavy atom. The Balaban J connectivity index is 1.74. The van der Waals surface area contributed by atoms with Gasteiger partial charge in [0, 0.05) is 34.3 Å². The monoisotopic (exact) mass is 440 g/mol. The summed E-state index contributed by atoms with van der Waals surface area (Å²) >= 11 is 0. The van der Waals surface area contributed by atoms with Gasteiger partial charge in [-0.05, 0) is 35.4 Å². The van der Waals surface area contributed by atoms with Gasteiger partial charge in [0.25, 0.3) is 0 Å². The Kier molecular flexibility index (Phi) is 5.40. The molecule has 0 aliphatic carbocycles. The molecule has 164 valence electrons. The summed E-state index contributed by atoms with van der Waals surface area (Å²) in [5, 5.41) is 12.2. The molecule has 0 aliphatic heterocycles. The number of fused-ring (bicyclic) bond motifs is 5. The minimum atomic E-state index is 0.112. The van der Waals surface area contributed by atoms with Crippen molar-refractivity contribution in [2.24, 2.45) is 4.99 Å². The van der Waals surface area contributed by atoms with Crippen molar-refractivity contribution in [1.82, 2.24) is 9.13 Å². The van der Waals surface area contributed by atoms with Crippen LogP contribution in [0.15, 0.2) is 133 Å². The summed E-state index contributed by atoms with van der Waals surface area (Å²) in [6.45, 7) is 11.7. The first-order valence-electron chi connectivity index (χ1n) is 11.0. The maximum Gasteiger partial charge on any atom is 0.227 e. The number of aromatic nitrogens is 2. The van der Waals surface area contributed by atoms with E-state index in [0.717, 1.165) is 44.0 Å². The van der Waals surface area contributed by atoms with Crippen molar-refractivity contribution in [3.63, 3.8) is 0 Å². The van der Waals surface area contributed by atoms with Crippen molar-refractivity contribution in [2.45, 2.75) is 0 Å². The maximum absolute atomic E-state index is 8.94. The fourth-order valence-corrected chi connectivity index (χ4v) is 4.27. The van der Waals surface area contributed by atoms with E-state index in [4.69, 9.17) is 5.41 Å². The van der Waals surface area contributed by atoms with E-state index < -0.39 is 0 Å². The summed E-state index contributed by atoms with van der Waals surface area (Å²) < 4.78 is 4.09. The molecule has 2 heterocycles. The van der Waals surface area contributed by atoms with Crippen LogP contribution in [0.25, 0.3) is 38.4 Å². The average Bonchev–Trinajstić information content (AvgIpc) is 3.45. The van der Waals surface area contributed by atoms with Gasteiger partial charge in [-0.3, -0.25) is 9.98 Å². The lowest BCUT2D eigenvalue weighted by atomic mass is 10.1. The van der Waals surface area contributed by atoms with Gasteiger partial charge in [-0.1, -0.05) is 86.5 Å². The summed E-state index contributed by atoms with van der Waals surface area (Å²) in [6, 6.07) is 24.7. The van der Waals surface area contributed by atoms with Gasteiger partial charge in [0.2, 0.25) is 5.96 Å². The molecule has 0 bridgehead atoms. The molecule has 4 heteroatoms. The van der Waals surface area contributed by atoms with Crippen LogP contribution in [-0.4, -0.2) is 21.3 Å². The van der Waals surface area contributed by atoms with E-state index in [-0.39, 0.29) is 5.96 Å². The highest BCUT2D eigenvalue weighted by Gasteiger charge is 2.18. The van der Waals surface area contributed by atoms with Crippen molar-refractivity contribution in [3.8, 4) is 5.69 Å². The molecule has 1 N–H and O–H groups in total. The molecule has 3 aromatic carbocycles. The number of nitrogens with one attached hydrogen (secondary N) is 1. The highest BCUT2D eigenvalue weighted by atomic mass is 15.2. The molecule has 0 saturated heterocycles. The smallest absolute Gasteiger partial charge is 0.227 e. The highest BCUT2D eigenvalue weighted by Crippen LogP contribution is 2.35. The van der Waals surface area contributed by atoms with Crippen LogP contribution in [0.2, 0.25) is 0 Å². The number of hydrogen-bond acceptors (Lipinski definition) is 1. The topological polar surface area (TPSA) is 46.1 Å². The van der Waals surface area contributed by atoms with E-state index in [1.807, 2.05) is 47.0 Å². The van der Waals surface area contributed by atoms with Crippen LogP contribution in [-0.2, 0) is 0 Å². The maximum atomic E-state index is 8.94. The standard InChI is InChI=1S/C30H24N4/c1-4-5-11-21(2)22(3)20-32-30(31)34-27-15-10-9-14-25(27)26-17-16-23-18-19-33(28(23)29(26)34)24-12-7-6-8-13-24/h4-20,31H,1-3H2. The van der Waals surface area contributed by atoms with Crippen LogP contribution in [0.1, 0.15) is 0 Å². The van der Waals surface area contributed by atoms with Crippen molar-refractivity contribution < 1.29 is 0 Å². The lowest BCUT2D eigenvalue weighted by Crippen LogP contribution is -2.09. The van der Waals surface area contributed by atoms with Crippen LogP contribution < -0.4 is 0 Å². The largest absolute Gasteiger partial charge is 0.315 e. The Bertz CT molecular complexity index is 1660. The molecule has 0 amide bonds. The Morgan fingerprint density at radius 1 is 0.824 bits per heavy atom. The van der Waals surface area contributed by atoms with Crippen molar-refractivity contribution in [2.75, 3.05) is 0 Å². The molecule has 34 heavy (non-hydrogen) atoms. The van der Waals surface area contributed by atoms with Gasteiger partial charge in [0.1, 0.15) is 0 Å². The molecular formula is C30H24N4.